The molecule has 4 aliphatic rings. The van der Waals surface area contributed by atoms with Crippen molar-refractivity contribution in [3.05, 3.63) is 194 Å². The monoisotopic (exact) mass is 818 g/mol. The van der Waals surface area contributed by atoms with Crippen molar-refractivity contribution in [3.8, 4) is 90.8 Å². The van der Waals surface area contributed by atoms with Crippen molar-refractivity contribution in [2.45, 2.75) is 0 Å². The summed E-state index contributed by atoms with van der Waals surface area (Å²) >= 11 is 0. The first-order valence-electron chi connectivity index (χ1n) is 21.6. The lowest BCUT2D eigenvalue weighted by molar-refractivity contribution is 0.443. The zero-order chi connectivity index (χ0) is 41.9. The predicted molar refractivity (Wildman–Crippen MR) is 257 cm³/mol. The summed E-state index contributed by atoms with van der Waals surface area (Å²) in [5.74, 6) is 5.09. The molecule has 64 heavy (non-hydrogen) atoms. The quantitative estimate of drug-likeness (QED) is 0.165. The highest BCUT2D eigenvalue weighted by molar-refractivity contribution is 6.99. The van der Waals surface area contributed by atoms with Crippen molar-refractivity contribution in [1.82, 2.24) is 9.97 Å². The summed E-state index contributed by atoms with van der Waals surface area (Å²) in [6.45, 7) is -0.479. The molecular weight excluding hydrogens is 786 g/mol. The SMILES string of the molecule is c1ccc(-c2ccc3c(c2)Oc2nc4c5c6c(nc4c4c2B3c2ccc(-c3ccccc3)cc2O4)Oc2cc(-c3ccccc3)ccc2B6c2ccc(-c3ccccc3)cc2O5)cc1. The van der Waals surface area contributed by atoms with Crippen LogP contribution in [0.2, 0.25) is 0 Å². The van der Waals surface area contributed by atoms with Crippen LogP contribution in [0.4, 0.5) is 0 Å². The van der Waals surface area contributed by atoms with Crippen LogP contribution in [0.3, 0.4) is 0 Å². The van der Waals surface area contributed by atoms with Crippen molar-refractivity contribution < 1.29 is 18.9 Å². The molecule has 8 aromatic carbocycles. The number of benzene rings is 8. The molecule has 0 saturated heterocycles. The van der Waals surface area contributed by atoms with Crippen molar-refractivity contribution in [3.63, 3.8) is 0 Å². The third kappa shape index (κ3) is 5.29. The molecule has 10 aromatic rings. The fourth-order valence-corrected chi connectivity index (χ4v) is 10.1. The normalized spacial score (nSPS) is 13.1. The first-order chi connectivity index (χ1) is 31.7. The fraction of sp³-hybridized carbons (Fsp3) is 0. The van der Waals surface area contributed by atoms with Crippen LogP contribution in [0.5, 0.6) is 46.3 Å². The van der Waals surface area contributed by atoms with Gasteiger partial charge in [-0.3, -0.25) is 0 Å². The van der Waals surface area contributed by atoms with Gasteiger partial charge in [0.15, 0.2) is 11.5 Å². The van der Waals surface area contributed by atoms with Crippen molar-refractivity contribution >= 4 is 57.2 Å². The number of pyridine rings is 2. The van der Waals surface area contributed by atoms with Crippen LogP contribution in [0, 0.1) is 0 Å². The van der Waals surface area contributed by atoms with Crippen LogP contribution in [0.1, 0.15) is 0 Å². The second-order valence-corrected chi connectivity index (χ2v) is 16.8. The summed E-state index contributed by atoms with van der Waals surface area (Å²) in [7, 11) is 0. The minimum Gasteiger partial charge on any atom is -0.456 e. The topological polar surface area (TPSA) is 62.7 Å². The fourth-order valence-electron chi connectivity index (χ4n) is 10.1. The van der Waals surface area contributed by atoms with E-state index in [2.05, 4.69) is 170 Å². The van der Waals surface area contributed by atoms with Gasteiger partial charge < -0.3 is 18.9 Å². The maximum Gasteiger partial charge on any atom is 0.263 e. The Labute approximate surface area is 369 Å². The number of nitrogens with zero attached hydrogens (tertiary/aromatic N) is 2. The number of ether oxygens (including phenoxy) is 4. The van der Waals surface area contributed by atoms with Gasteiger partial charge in [0, 0.05) is 10.9 Å². The van der Waals surface area contributed by atoms with Gasteiger partial charge in [-0.2, -0.15) is 0 Å². The number of hydrogen-bond acceptors (Lipinski definition) is 6. The number of rotatable bonds is 4. The third-order valence-electron chi connectivity index (χ3n) is 13.2. The Morgan fingerprint density at radius 1 is 0.281 bits per heavy atom. The molecule has 0 bridgehead atoms. The average molecular weight is 819 g/mol. The Kier molecular flexibility index (Phi) is 7.48. The van der Waals surface area contributed by atoms with Gasteiger partial charge in [-0.05, 0) is 90.6 Å². The molecule has 0 atom stereocenters. The van der Waals surface area contributed by atoms with E-state index in [9.17, 15) is 0 Å². The van der Waals surface area contributed by atoms with Crippen LogP contribution in [0.25, 0.3) is 55.5 Å². The second-order valence-electron chi connectivity index (χ2n) is 16.8. The minimum atomic E-state index is -0.240. The van der Waals surface area contributed by atoms with Gasteiger partial charge in [0.25, 0.3) is 13.4 Å². The summed E-state index contributed by atoms with van der Waals surface area (Å²) < 4.78 is 28.2. The molecule has 0 fully saturated rings. The van der Waals surface area contributed by atoms with Crippen LogP contribution in [0.15, 0.2) is 194 Å². The van der Waals surface area contributed by atoms with E-state index >= 15 is 0 Å². The molecule has 6 nitrogen and oxygen atoms in total. The highest BCUT2D eigenvalue weighted by Crippen LogP contribution is 2.45. The zero-order valence-electron chi connectivity index (χ0n) is 34.2. The van der Waals surface area contributed by atoms with E-state index in [0.717, 1.165) is 100 Å². The van der Waals surface area contributed by atoms with Gasteiger partial charge >= 0.3 is 0 Å². The molecule has 0 spiro atoms. The molecule has 0 amide bonds. The largest absolute Gasteiger partial charge is 0.456 e. The first kappa shape index (κ1) is 35.3. The van der Waals surface area contributed by atoms with Gasteiger partial charge in [-0.25, -0.2) is 9.97 Å². The lowest BCUT2D eigenvalue weighted by atomic mass is 9.34. The molecule has 296 valence electrons. The predicted octanol–water partition coefficient (Wildman–Crippen LogP) is 9.75. The van der Waals surface area contributed by atoms with Gasteiger partial charge in [0.2, 0.25) is 11.8 Å². The van der Waals surface area contributed by atoms with Gasteiger partial charge in [-0.15, -0.1) is 0 Å². The van der Waals surface area contributed by atoms with Gasteiger partial charge in [-0.1, -0.05) is 170 Å². The van der Waals surface area contributed by atoms with E-state index in [1.165, 1.54) is 0 Å². The number of aromatic nitrogens is 2. The minimum absolute atomic E-state index is 0.240. The van der Waals surface area contributed by atoms with E-state index in [1.54, 1.807) is 0 Å². The highest BCUT2D eigenvalue weighted by Gasteiger charge is 2.47. The van der Waals surface area contributed by atoms with Crippen LogP contribution >= 0.6 is 0 Å². The molecular formula is C56H32B2N2O4. The Morgan fingerprint density at radius 3 is 0.859 bits per heavy atom. The highest BCUT2D eigenvalue weighted by atomic mass is 16.5. The van der Waals surface area contributed by atoms with Gasteiger partial charge in [0.05, 0.1) is 0 Å². The van der Waals surface area contributed by atoms with E-state index in [-0.39, 0.29) is 13.4 Å². The molecule has 0 aliphatic carbocycles. The van der Waals surface area contributed by atoms with Crippen molar-refractivity contribution in [1.29, 1.82) is 0 Å². The molecule has 0 saturated carbocycles. The zero-order valence-corrected chi connectivity index (χ0v) is 34.2. The molecule has 6 heterocycles. The lowest BCUT2D eigenvalue weighted by Gasteiger charge is -2.35. The first-order valence-corrected chi connectivity index (χ1v) is 21.6. The third-order valence-corrected chi connectivity index (χ3v) is 13.2. The van der Waals surface area contributed by atoms with Crippen LogP contribution in [-0.2, 0) is 0 Å². The summed E-state index contributed by atoms with van der Waals surface area (Å²) in [4.78, 5) is 10.8. The lowest BCUT2D eigenvalue weighted by Crippen LogP contribution is -2.58. The van der Waals surface area contributed by atoms with E-state index in [4.69, 9.17) is 28.9 Å². The Balaban J connectivity index is 1.02. The second kappa shape index (κ2) is 13.6. The smallest absolute Gasteiger partial charge is 0.263 e. The Morgan fingerprint density at radius 2 is 0.562 bits per heavy atom. The van der Waals surface area contributed by atoms with Gasteiger partial charge in [0.1, 0.15) is 34.0 Å². The Hall–Kier alpha value is -8.35. The molecule has 2 aromatic heterocycles. The molecule has 4 aliphatic heterocycles. The number of fused-ring (bicyclic) bond motifs is 11. The van der Waals surface area contributed by atoms with Crippen molar-refractivity contribution in [2.75, 3.05) is 0 Å². The average Bonchev–Trinajstić information content (AvgIpc) is 3.36. The summed E-state index contributed by atoms with van der Waals surface area (Å²) in [6, 6.07) is 67.5. The van der Waals surface area contributed by atoms with Crippen LogP contribution < -0.4 is 51.7 Å². The van der Waals surface area contributed by atoms with E-state index in [1.807, 2.05) is 24.3 Å². The maximum atomic E-state index is 7.14. The summed E-state index contributed by atoms with van der Waals surface area (Å²) in [5, 5.41) is 0. The number of hydrogen-bond donors (Lipinski definition) is 0. The molecule has 0 radical (unpaired) electrons. The summed E-state index contributed by atoms with van der Waals surface area (Å²) in [5.41, 5.74) is 15.5. The molecule has 0 N–H and O–H groups in total. The van der Waals surface area contributed by atoms with E-state index < -0.39 is 0 Å². The molecule has 0 unspecified atom stereocenters. The standard InChI is InChI=1S/C56H32B2N2O4/c1-5-13-33(14-6-1)37-21-25-41-45(29-37)61-53-49-55(63-47-31-39(23-27-43(47)57(41)49)35-17-9-3-10-18-35)60-52-51(53)59-56-50-54(52)62-46-30-38(34-15-7-2-8-16-34)22-26-42(46)58(50)44-28-24-40(32-48(44)64-56)36-19-11-4-12-20-36/h1-32H. The molecule has 14 rings (SSSR count). The maximum absolute atomic E-state index is 7.14. The summed E-state index contributed by atoms with van der Waals surface area (Å²) in [6.07, 6.45) is 0. The van der Waals surface area contributed by atoms with Crippen molar-refractivity contribution in [2.24, 2.45) is 0 Å². The molecule has 8 heteroatoms. The Bertz CT molecular complexity index is 3310. The van der Waals surface area contributed by atoms with E-state index in [0.29, 0.717) is 34.3 Å². The van der Waals surface area contributed by atoms with Crippen LogP contribution in [-0.4, -0.2) is 23.4 Å².